The van der Waals surface area contributed by atoms with E-state index in [1.54, 1.807) is 30.3 Å². The summed E-state index contributed by atoms with van der Waals surface area (Å²) in [5.74, 6) is -0.281. The first-order valence-electron chi connectivity index (χ1n) is 5.78. The Labute approximate surface area is 126 Å². The molecule has 0 aliphatic rings. The molecule has 1 amide bonds. The van der Waals surface area contributed by atoms with Gasteiger partial charge in [0.2, 0.25) is 0 Å². The van der Waals surface area contributed by atoms with Gasteiger partial charge in [-0.05, 0) is 48.9 Å². The maximum Gasteiger partial charge on any atom is 0.255 e. The average Bonchev–Trinajstić information content (AvgIpc) is 2.43. The quantitative estimate of drug-likeness (QED) is 0.892. The van der Waals surface area contributed by atoms with Crippen molar-refractivity contribution in [1.29, 1.82) is 5.26 Å². The van der Waals surface area contributed by atoms with Crippen molar-refractivity contribution in [3.8, 4) is 6.07 Å². The molecule has 5 heteroatoms. The summed E-state index contributed by atoms with van der Waals surface area (Å²) in [5.41, 5.74) is 2.22. The number of carbonyl (C=O) groups excluding carboxylic acids is 1. The lowest BCUT2D eigenvalue weighted by Crippen LogP contribution is -2.12. The number of amides is 1. The molecule has 0 radical (unpaired) electrons. The standard InChI is InChI=1S/C15H10Cl2N2O/c1-9-6-11(3-4-12(9)16)15(20)19-14-5-2-10(8-18)7-13(14)17/h2-7H,1H3,(H,19,20). The molecule has 1 N–H and O–H groups in total. The molecule has 2 aromatic carbocycles. The van der Waals surface area contributed by atoms with Gasteiger partial charge in [0.15, 0.2) is 0 Å². The Morgan fingerprint density at radius 1 is 1.15 bits per heavy atom. The lowest BCUT2D eigenvalue weighted by atomic mass is 10.1. The molecule has 0 aliphatic heterocycles. The molecule has 0 fully saturated rings. The number of nitrogens with zero attached hydrogens (tertiary/aromatic N) is 1. The number of benzene rings is 2. The Hall–Kier alpha value is -2.02. The fraction of sp³-hybridized carbons (Fsp3) is 0.0667. The first-order chi connectivity index (χ1) is 9.51. The van der Waals surface area contributed by atoms with Crippen LogP contribution < -0.4 is 5.32 Å². The normalized spacial score (nSPS) is 9.90. The molecule has 0 saturated carbocycles. The van der Waals surface area contributed by atoms with Gasteiger partial charge >= 0.3 is 0 Å². The van der Waals surface area contributed by atoms with Crippen molar-refractivity contribution >= 4 is 34.8 Å². The summed E-state index contributed by atoms with van der Waals surface area (Å²) in [5, 5.41) is 12.4. The van der Waals surface area contributed by atoms with Gasteiger partial charge in [0.1, 0.15) is 0 Å². The number of anilines is 1. The number of carbonyl (C=O) groups is 1. The molecule has 20 heavy (non-hydrogen) atoms. The number of hydrogen-bond donors (Lipinski definition) is 1. The van der Waals surface area contributed by atoms with E-state index in [1.807, 2.05) is 13.0 Å². The highest BCUT2D eigenvalue weighted by Crippen LogP contribution is 2.24. The molecule has 0 saturated heterocycles. The van der Waals surface area contributed by atoms with E-state index in [1.165, 1.54) is 6.07 Å². The monoisotopic (exact) mass is 304 g/mol. The minimum atomic E-state index is -0.281. The molecule has 0 heterocycles. The number of hydrogen-bond acceptors (Lipinski definition) is 2. The Balaban J connectivity index is 2.23. The van der Waals surface area contributed by atoms with Gasteiger partial charge < -0.3 is 5.32 Å². The van der Waals surface area contributed by atoms with Crippen molar-refractivity contribution < 1.29 is 4.79 Å². The highest BCUT2D eigenvalue weighted by atomic mass is 35.5. The predicted molar refractivity (Wildman–Crippen MR) is 80.3 cm³/mol. The third-order valence-corrected chi connectivity index (χ3v) is 3.50. The van der Waals surface area contributed by atoms with Gasteiger partial charge in [-0.1, -0.05) is 23.2 Å². The second-order valence-corrected chi connectivity index (χ2v) is 5.04. The van der Waals surface area contributed by atoms with E-state index in [4.69, 9.17) is 28.5 Å². The molecular formula is C15H10Cl2N2O. The van der Waals surface area contributed by atoms with Gasteiger partial charge in [0.25, 0.3) is 5.91 Å². The summed E-state index contributed by atoms with van der Waals surface area (Å²) in [6, 6.07) is 11.7. The van der Waals surface area contributed by atoms with Crippen molar-refractivity contribution in [1.82, 2.24) is 0 Å². The Kier molecular flexibility index (Phi) is 4.29. The first kappa shape index (κ1) is 14.4. The molecule has 0 aromatic heterocycles. The third-order valence-electron chi connectivity index (χ3n) is 2.77. The number of nitriles is 1. The van der Waals surface area contributed by atoms with E-state index >= 15 is 0 Å². The summed E-state index contributed by atoms with van der Waals surface area (Å²) in [6.07, 6.45) is 0. The van der Waals surface area contributed by atoms with E-state index in [0.717, 1.165) is 5.56 Å². The van der Waals surface area contributed by atoms with Crippen LogP contribution >= 0.6 is 23.2 Å². The van der Waals surface area contributed by atoms with E-state index in [0.29, 0.717) is 26.9 Å². The van der Waals surface area contributed by atoms with Gasteiger partial charge in [0, 0.05) is 10.6 Å². The van der Waals surface area contributed by atoms with Crippen LogP contribution in [0.2, 0.25) is 10.0 Å². The van der Waals surface area contributed by atoms with E-state index in [9.17, 15) is 4.79 Å². The lowest BCUT2D eigenvalue weighted by Gasteiger charge is -2.08. The number of nitrogens with one attached hydrogen (secondary N) is 1. The summed E-state index contributed by atoms with van der Waals surface area (Å²) in [6.45, 7) is 1.83. The minimum Gasteiger partial charge on any atom is -0.321 e. The molecule has 0 atom stereocenters. The van der Waals surface area contributed by atoms with Crippen LogP contribution in [0.3, 0.4) is 0 Å². The number of halogens is 2. The van der Waals surface area contributed by atoms with Gasteiger partial charge in [-0.25, -0.2) is 0 Å². The fourth-order valence-electron chi connectivity index (χ4n) is 1.67. The Bertz CT molecular complexity index is 720. The number of aryl methyl sites for hydroxylation is 1. The second-order valence-electron chi connectivity index (χ2n) is 4.22. The Morgan fingerprint density at radius 2 is 1.90 bits per heavy atom. The van der Waals surface area contributed by atoms with Gasteiger partial charge in [-0.3, -0.25) is 4.79 Å². The largest absolute Gasteiger partial charge is 0.321 e. The van der Waals surface area contributed by atoms with Crippen LogP contribution in [0.15, 0.2) is 36.4 Å². The van der Waals surface area contributed by atoms with Gasteiger partial charge in [-0.2, -0.15) is 5.26 Å². The highest BCUT2D eigenvalue weighted by Gasteiger charge is 2.10. The first-order valence-corrected chi connectivity index (χ1v) is 6.54. The lowest BCUT2D eigenvalue weighted by molar-refractivity contribution is 0.102. The van der Waals surface area contributed by atoms with Crippen LogP contribution in [-0.4, -0.2) is 5.91 Å². The van der Waals surface area contributed by atoms with Crippen molar-refractivity contribution in [3.05, 3.63) is 63.1 Å². The van der Waals surface area contributed by atoms with E-state index in [-0.39, 0.29) is 5.91 Å². The second kappa shape index (κ2) is 5.96. The van der Waals surface area contributed by atoms with Crippen LogP contribution in [0.5, 0.6) is 0 Å². The zero-order valence-electron chi connectivity index (χ0n) is 10.6. The van der Waals surface area contributed by atoms with Crippen LogP contribution in [-0.2, 0) is 0 Å². The average molecular weight is 305 g/mol. The Morgan fingerprint density at radius 3 is 2.50 bits per heavy atom. The van der Waals surface area contributed by atoms with Crippen molar-refractivity contribution in [2.45, 2.75) is 6.92 Å². The van der Waals surface area contributed by atoms with E-state index < -0.39 is 0 Å². The fourth-order valence-corrected chi connectivity index (χ4v) is 2.01. The van der Waals surface area contributed by atoms with Crippen molar-refractivity contribution in [2.24, 2.45) is 0 Å². The van der Waals surface area contributed by atoms with Crippen LogP contribution in [0.25, 0.3) is 0 Å². The molecular weight excluding hydrogens is 295 g/mol. The highest BCUT2D eigenvalue weighted by molar-refractivity contribution is 6.34. The van der Waals surface area contributed by atoms with Crippen molar-refractivity contribution in [2.75, 3.05) is 5.32 Å². The zero-order chi connectivity index (χ0) is 14.7. The van der Waals surface area contributed by atoms with Crippen LogP contribution in [0.1, 0.15) is 21.5 Å². The molecule has 0 aliphatic carbocycles. The van der Waals surface area contributed by atoms with Gasteiger partial charge in [-0.15, -0.1) is 0 Å². The minimum absolute atomic E-state index is 0.281. The third kappa shape index (κ3) is 3.11. The maximum atomic E-state index is 12.1. The molecule has 3 nitrogen and oxygen atoms in total. The summed E-state index contributed by atoms with van der Waals surface area (Å²) in [7, 11) is 0. The maximum absolute atomic E-state index is 12.1. The smallest absolute Gasteiger partial charge is 0.255 e. The molecule has 2 aromatic rings. The zero-order valence-corrected chi connectivity index (χ0v) is 12.1. The molecule has 0 spiro atoms. The number of rotatable bonds is 2. The predicted octanol–water partition coefficient (Wildman–Crippen LogP) is 4.43. The summed E-state index contributed by atoms with van der Waals surface area (Å²) in [4.78, 5) is 12.1. The molecule has 0 bridgehead atoms. The van der Waals surface area contributed by atoms with Gasteiger partial charge in [0.05, 0.1) is 22.3 Å². The molecule has 2 rings (SSSR count). The van der Waals surface area contributed by atoms with E-state index in [2.05, 4.69) is 5.32 Å². The van der Waals surface area contributed by atoms with Crippen LogP contribution in [0, 0.1) is 18.3 Å². The summed E-state index contributed by atoms with van der Waals surface area (Å²) < 4.78 is 0. The SMILES string of the molecule is Cc1cc(C(=O)Nc2ccc(C#N)cc2Cl)ccc1Cl. The topological polar surface area (TPSA) is 52.9 Å². The molecule has 0 unspecified atom stereocenters. The van der Waals surface area contributed by atoms with Crippen LogP contribution in [0.4, 0.5) is 5.69 Å². The van der Waals surface area contributed by atoms with Crippen molar-refractivity contribution in [3.63, 3.8) is 0 Å². The molecule has 100 valence electrons. The summed E-state index contributed by atoms with van der Waals surface area (Å²) >= 11 is 11.9.